The topological polar surface area (TPSA) is 29.1 Å². The minimum absolute atomic E-state index is 0.170. The Bertz CT molecular complexity index is 394. The largest absolute Gasteiger partial charge is 0.388 e. The van der Waals surface area contributed by atoms with Gasteiger partial charge in [0.15, 0.2) is 0 Å². The predicted molar refractivity (Wildman–Crippen MR) is 67.0 cm³/mol. The number of aldehydes is 1. The Labute approximate surface area is 97.1 Å². The molecule has 16 heavy (non-hydrogen) atoms. The van der Waals surface area contributed by atoms with Crippen molar-refractivity contribution in [3.63, 3.8) is 0 Å². The van der Waals surface area contributed by atoms with Gasteiger partial charge < -0.3 is 10.1 Å². The Hall–Kier alpha value is -1.31. The second kappa shape index (κ2) is 4.28. The molecule has 0 atom stereocenters. The van der Waals surface area contributed by atoms with Crippen LogP contribution in [0.5, 0.6) is 0 Å². The molecule has 0 spiro atoms. The zero-order chi connectivity index (χ0) is 11.6. The highest BCUT2D eigenvalue weighted by Gasteiger charge is 2.38. The summed E-state index contributed by atoms with van der Waals surface area (Å²) in [6.45, 7) is 2.15. The van der Waals surface area contributed by atoms with Crippen LogP contribution >= 0.6 is 0 Å². The molecular weight excluding hydrogens is 198 g/mol. The summed E-state index contributed by atoms with van der Waals surface area (Å²) in [7, 11) is 1.94. The molecule has 1 saturated carbocycles. The Morgan fingerprint density at radius 3 is 2.62 bits per heavy atom. The molecule has 1 N–H and O–H groups in total. The molecule has 1 fully saturated rings. The van der Waals surface area contributed by atoms with E-state index < -0.39 is 0 Å². The van der Waals surface area contributed by atoms with E-state index in [1.807, 2.05) is 7.05 Å². The summed E-state index contributed by atoms with van der Waals surface area (Å²) in [6, 6.07) is 6.38. The minimum Gasteiger partial charge on any atom is -0.388 e. The molecule has 2 nitrogen and oxygen atoms in total. The lowest BCUT2D eigenvalue weighted by Gasteiger charge is -2.37. The number of nitrogens with one attached hydrogen (secondary N) is 1. The molecule has 86 valence electrons. The van der Waals surface area contributed by atoms with Crippen LogP contribution in [-0.2, 0) is 16.6 Å². The summed E-state index contributed by atoms with van der Waals surface area (Å²) >= 11 is 0. The fourth-order valence-corrected chi connectivity index (χ4v) is 2.47. The lowest BCUT2D eigenvalue weighted by Crippen LogP contribution is -2.35. The van der Waals surface area contributed by atoms with Crippen LogP contribution in [0.1, 0.15) is 37.3 Å². The maximum Gasteiger partial charge on any atom is 0.130 e. The first-order chi connectivity index (χ1) is 7.75. The van der Waals surface area contributed by atoms with Crippen molar-refractivity contribution in [1.82, 2.24) is 0 Å². The molecule has 1 aliphatic carbocycles. The first kappa shape index (κ1) is 11.2. The van der Waals surface area contributed by atoms with Crippen molar-refractivity contribution in [3.8, 4) is 0 Å². The van der Waals surface area contributed by atoms with Crippen molar-refractivity contribution in [2.24, 2.45) is 0 Å². The summed E-state index contributed by atoms with van der Waals surface area (Å²) in [5.74, 6) is 0. The van der Waals surface area contributed by atoms with Crippen LogP contribution in [0.15, 0.2) is 18.2 Å². The molecule has 0 aliphatic heterocycles. The van der Waals surface area contributed by atoms with E-state index in [-0.39, 0.29) is 5.41 Å². The fourth-order valence-electron chi connectivity index (χ4n) is 2.47. The number of hydrogen-bond donors (Lipinski definition) is 1. The standard InChI is InChI=1S/C14H19NO/c1-3-11-9-12(5-6-13(11)15-2)14(10-16)7-4-8-14/h5-6,9-10,15H,3-4,7-8H2,1-2H3. The number of rotatable bonds is 4. The van der Waals surface area contributed by atoms with E-state index >= 15 is 0 Å². The van der Waals surface area contributed by atoms with E-state index in [0.717, 1.165) is 25.5 Å². The third kappa shape index (κ3) is 1.62. The average Bonchev–Trinajstić information content (AvgIpc) is 2.28. The number of aryl methyl sites for hydroxylation is 1. The van der Waals surface area contributed by atoms with Gasteiger partial charge in [0.1, 0.15) is 6.29 Å². The van der Waals surface area contributed by atoms with Crippen molar-refractivity contribution in [2.75, 3.05) is 12.4 Å². The van der Waals surface area contributed by atoms with E-state index in [2.05, 4.69) is 30.4 Å². The van der Waals surface area contributed by atoms with Crippen LogP contribution in [0.2, 0.25) is 0 Å². The van der Waals surface area contributed by atoms with Crippen LogP contribution in [0.4, 0.5) is 5.69 Å². The monoisotopic (exact) mass is 217 g/mol. The smallest absolute Gasteiger partial charge is 0.130 e. The highest BCUT2D eigenvalue weighted by Crippen LogP contribution is 2.42. The highest BCUT2D eigenvalue weighted by molar-refractivity contribution is 5.71. The van der Waals surface area contributed by atoms with Crippen molar-refractivity contribution in [3.05, 3.63) is 29.3 Å². The molecular formula is C14H19NO. The first-order valence-corrected chi connectivity index (χ1v) is 6.03. The van der Waals surface area contributed by atoms with Gasteiger partial charge in [-0.25, -0.2) is 0 Å². The maximum absolute atomic E-state index is 11.2. The molecule has 0 amide bonds. The van der Waals surface area contributed by atoms with Gasteiger partial charge in [0, 0.05) is 12.7 Å². The van der Waals surface area contributed by atoms with Crippen molar-refractivity contribution in [1.29, 1.82) is 0 Å². The van der Waals surface area contributed by atoms with Gasteiger partial charge in [0.2, 0.25) is 0 Å². The quantitative estimate of drug-likeness (QED) is 0.786. The highest BCUT2D eigenvalue weighted by atomic mass is 16.1. The van der Waals surface area contributed by atoms with Gasteiger partial charge in [-0.05, 0) is 36.5 Å². The third-order valence-electron chi connectivity index (χ3n) is 3.80. The number of carbonyl (C=O) groups excluding carboxylic acids is 1. The molecule has 0 unspecified atom stereocenters. The number of hydrogen-bond acceptors (Lipinski definition) is 2. The van der Waals surface area contributed by atoms with Crippen LogP contribution < -0.4 is 5.32 Å². The lowest BCUT2D eigenvalue weighted by molar-refractivity contribution is -0.115. The predicted octanol–water partition coefficient (Wildman–Crippen LogP) is 2.91. The molecule has 0 heterocycles. The molecule has 2 rings (SSSR count). The number of benzene rings is 1. The first-order valence-electron chi connectivity index (χ1n) is 6.03. The zero-order valence-corrected chi connectivity index (χ0v) is 10.0. The number of carbonyl (C=O) groups is 1. The Morgan fingerprint density at radius 2 is 2.19 bits per heavy atom. The van der Waals surface area contributed by atoms with Crippen LogP contribution in [-0.4, -0.2) is 13.3 Å². The normalized spacial score (nSPS) is 17.6. The van der Waals surface area contributed by atoms with Crippen molar-refractivity contribution < 1.29 is 4.79 Å². The van der Waals surface area contributed by atoms with Gasteiger partial charge in [-0.15, -0.1) is 0 Å². The van der Waals surface area contributed by atoms with Crippen molar-refractivity contribution >= 4 is 12.0 Å². The summed E-state index contributed by atoms with van der Waals surface area (Å²) in [5, 5.41) is 3.19. The Kier molecular flexibility index (Phi) is 2.99. The fraction of sp³-hybridized carbons (Fsp3) is 0.500. The van der Waals surface area contributed by atoms with Crippen LogP contribution in [0.25, 0.3) is 0 Å². The average molecular weight is 217 g/mol. The SMILES string of the molecule is CCc1cc(C2(C=O)CCC2)ccc1NC. The molecule has 1 aliphatic rings. The van der Waals surface area contributed by atoms with Gasteiger partial charge in [-0.3, -0.25) is 0 Å². The van der Waals surface area contributed by atoms with E-state index in [1.54, 1.807) is 0 Å². The van der Waals surface area contributed by atoms with E-state index in [1.165, 1.54) is 23.2 Å². The summed E-state index contributed by atoms with van der Waals surface area (Å²) in [6.07, 6.45) is 5.34. The lowest BCUT2D eigenvalue weighted by atomic mass is 9.65. The molecule has 1 aromatic carbocycles. The Morgan fingerprint density at radius 1 is 1.44 bits per heavy atom. The molecule has 0 radical (unpaired) electrons. The van der Waals surface area contributed by atoms with Gasteiger partial charge in [-0.1, -0.05) is 25.5 Å². The van der Waals surface area contributed by atoms with E-state index in [9.17, 15) is 4.79 Å². The van der Waals surface area contributed by atoms with Gasteiger partial charge in [-0.2, -0.15) is 0 Å². The van der Waals surface area contributed by atoms with Gasteiger partial charge >= 0.3 is 0 Å². The maximum atomic E-state index is 11.2. The van der Waals surface area contributed by atoms with Crippen LogP contribution in [0, 0.1) is 0 Å². The third-order valence-corrected chi connectivity index (χ3v) is 3.80. The van der Waals surface area contributed by atoms with E-state index in [4.69, 9.17) is 0 Å². The second-order valence-electron chi connectivity index (χ2n) is 4.60. The summed E-state index contributed by atoms with van der Waals surface area (Å²) < 4.78 is 0. The number of anilines is 1. The minimum atomic E-state index is -0.170. The summed E-state index contributed by atoms with van der Waals surface area (Å²) in [4.78, 5) is 11.2. The van der Waals surface area contributed by atoms with Crippen LogP contribution in [0.3, 0.4) is 0 Å². The van der Waals surface area contributed by atoms with E-state index in [0.29, 0.717) is 0 Å². The van der Waals surface area contributed by atoms with Crippen molar-refractivity contribution in [2.45, 2.75) is 38.0 Å². The van der Waals surface area contributed by atoms with Gasteiger partial charge in [0.05, 0.1) is 5.41 Å². The molecule has 1 aromatic rings. The molecule has 0 bridgehead atoms. The molecule has 0 saturated heterocycles. The van der Waals surface area contributed by atoms with Gasteiger partial charge in [0.25, 0.3) is 0 Å². The Balaban J connectivity index is 2.39. The second-order valence-corrected chi connectivity index (χ2v) is 4.60. The molecule has 0 aromatic heterocycles. The zero-order valence-electron chi connectivity index (χ0n) is 10.0. The summed E-state index contributed by atoms with van der Waals surface area (Å²) in [5.41, 5.74) is 3.50. The molecule has 2 heteroatoms.